The molecule has 5 aliphatic rings. The van der Waals surface area contributed by atoms with Crippen LogP contribution < -0.4 is 14.4 Å². The topological polar surface area (TPSA) is 21.7 Å². The standard InChI is InChI=1S/C78H63NO2/c1-5-22-52(23-6-1)55-40-44-63-64-45-41-56(53-24-7-2-8-25-53)49-69(64)78(68(63)48-55)67-36-17-20-39-74(67)81-76-47-43-60(51-71(76)78)79(72-37-18-15-33-65(72)62-34-21-27-54-26-13-14-32-61(54)62)59-42-46-75-70(50-59)77(57-28-9-3-10-29-57,58-30-11-4-12-31-58)66-35-16-19-38-73(66)80-75/h3-4,9-21,26-53H,1-2,5-8,22-25H2. The molecular weight excluding hydrogens is 983 g/mol. The number of hydrogen-bond acceptors (Lipinski definition) is 3. The van der Waals surface area contributed by atoms with Crippen LogP contribution in [0.4, 0.5) is 17.1 Å². The molecule has 392 valence electrons. The minimum absolute atomic E-state index is 0.545. The fraction of sp³-hybridized carbons (Fsp3) is 0.179. The van der Waals surface area contributed by atoms with Crippen molar-refractivity contribution in [1.29, 1.82) is 0 Å². The molecule has 0 radical (unpaired) electrons. The lowest BCUT2D eigenvalue weighted by molar-refractivity contribution is 0.433. The number of anilines is 3. The molecule has 11 aromatic rings. The SMILES string of the molecule is c1ccc(C2(c3ccccc3)c3ccccc3Oc3ccc(N(c4ccc5c(c4)C4(c6ccccc6O5)c5cc(C6CCCCC6)ccc5-c5ccc(C6CCCCC6)cc54)c4ccccc4-c4cccc5ccccc45)cc32)cc1. The van der Waals surface area contributed by atoms with Gasteiger partial charge in [-0.1, -0.05) is 233 Å². The van der Waals surface area contributed by atoms with Crippen molar-refractivity contribution in [2.24, 2.45) is 0 Å². The van der Waals surface area contributed by atoms with Crippen molar-refractivity contribution in [1.82, 2.24) is 0 Å². The lowest BCUT2D eigenvalue weighted by Gasteiger charge is -2.42. The van der Waals surface area contributed by atoms with Gasteiger partial charge in [0.2, 0.25) is 0 Å². The van der Waals surface area contributed by atoms with E-state index < -0.39 is 10.8 Å². The third-order valence-electron chi connectivity index (χ3n) is 19.2. The highest BCUT2D eigenvalue weighted by Gasteiger charge is 2.52. The van der Waals surface area contributed by atoms with Crippen LogP contribution in [0.3, 0.4) is 0 Å². The normalized spacial score (nSPS) is 16.4. The Balaban J connectivity index is 0.987. The summed E-state index contributed by atoms with van der Waals surface area (Å²) in [5.41, 5.74) is 19.4. The number of fused-ring (bicyclic) bond motifs is 12. The van der Waals surface area contributed by atoms with E-state index in [0.717, 1.165) is 56.8 Å². The van der Waals surface area contributed by atoms with Gasteiger partial charge in [0.05, 0.1) is 16.5 Å². The molecule has 3 aliphatic carbocycles. The number of hydrogen-bond donors (Lipinski definition) is 0. The first-order valence-corrected chi connectivity index (χ1v) is 29.8. The molecule has 0 saturated heterocycles. The molecule has 3 heteroatoms. The molecule has 11 aromatic carbocycles. The zero-order valence-corrected chi connectivity index (χ0v) is 45.7. The summed E-state index contributed by atoms with van der Waals surface area (Å²) in [7, 11) is 0. The number of benzene rings is 11. The summed E-state index contributed by atoms with van der Waals surface area (Å²) in [6.07, 6.45) is 12.8. The summed E-state index contributed by atoms with van der Waals surface area (Å²) in [6, 6.07) is 93.5. The minimum atomic E-state index is -0.718. The highest BCUT2D eigenvalue weighted by Crippen LogP contribution is 2.64. The molecule has 0 bridgehead atoms. The van der Waals surface area contributed by atoms with Gasteiger partial charge in [0, 0.05) is 39.2 Å². The second kappa shape index (κ2) is 19.4. The first-order valence-electron chi connectivity index (χ1n) is 29.8. The summed E-state index contributed by atoms with van der Waals surface area (Å²) in [5, 5.41) is 2.42. The van der Waals surface area contributed by atoms with Crippen LogP contribution in [0.25, 0.3) is 33.0 Å². The largest absolute Gasteiger partial charge is 0.457 e. The fourth-order valence-corrected chi connectivity index (χ4v) is 15.6. The summed E-state index contributed by atoms with van der Waals surface area (Å²) in [4.78, 5) is 2.53. The van der Waals surface area contributed by atoms with Crippen molar-refractivity contribution in [2.75, 3.05) is 4.90 Å². The Hall–Kier alpha value is -8.92. The van der Waals surface area contributed by atoms with Crippen molar-refractivity contribution in [3.63, 3.8) is 0 Å². The van der Waals surface area contributed by atoms with Crippen molar-refractivity contribution < 1.29 is 9.47 Å². The molecule has 0 atom stereocenters. The van der Waals surface area contributed by atoms with E-state index in [1.54, 1.807) is 0 Å². The zero-order chi connectivity index (χ0) is 53.5. The van der Waals surface area contributed by atoms with Crippen molar-refractivity contribution in [3.05, 3.63) is 304 Å². The highest BCUT2D eigenvalue weighted by atomic mass is 16.5. The van der Waals surface area contributed by atoms with Gasteiger partial charge in [0.15, 0.2) is 0 Å². The van der Waals surface area contributed by atoms with E-state index in [0.29, 0.717) is 11.8 Å². The summed E-state index contributed by atoms with van der Waals surface area (Å²) >= 11 is 0. The van der Waals surface area contributed by atoms with Gasteiger partial charge in [-0.25, -0.2) is 0 Å². The van der Waals surface area contributed by atoms with Crippen molar-refractivity contribution in [3.8, 4) is 45.3 Å². The van der Waals surface area contributed by atoms with Gasteiger partial charge < -0.3 is 14.4 Å². The molecule has 0 unspecified atom stereocenters. The lowest BCUT2D eigenvalue weighted by atomic mass is 9.63. The van der Waals surface area contributed by atoms with Crippen LogP contribution in [0.2, 0.25) is 0 Å². The maximum Gasteiger partial charge on any atom is 0.132 e. The van der Waals surface area contributed by atoms with Crippen LogP contribution in [-0.4, -0.2) is 0 Å². The molecule has 81 heavy (non-hydrogen) atoms. The van der Waals surface area contributed by atoms with Crippen LogP contribution in [-0.2, 0) is 10.8 Å². The molecule has 0 N–H and O–H groups in total. The second-order valence-electron chi connectivity index (χ2n) is 23.4. The monoisotopic (exact) mass is 1050 g/mol. The maximum absolute atomic E-state index is 7.27. The fourth-order valence-electron chi connectivity index (χ4n) is 15.6. The van der Waals surface area contributed by atoms with Crippen LogP contribution in [0, 0.1) is 0 Å². The molecule has 3 nitrogen and oxygen atoms in total. The van der Waals surface area contributed by atoms with Crippen LogP contribution in [0.15, 0.2) is 249 Å². The predicted molar refractivity (Wildman–Crippen MR) is 331 cm³/mol. The van der Waals surface area contributed by atoms with Crippen LogP contribution >= 0.6 is 0 Å². The molecule has 0 amide bonds. The summed E-state index contributed by atoms with van der Waals surface area (Å²) in [5.74, 6) is 4.61. The van der Waals surface area contributed by atoms with E-state index in [1.807, 2.05) is 0 Å². The number of para-hydroxylation sites is 3. The Labute approximate surface area is 476 Å². The van der Waals surface area contributed by atoms with E-state index in [2.05, 4.69) is 254 Å². The van der Waals surface area contributed by atoms with Gasteiger partial charge in [0.1, 0.15) is 23.0 Å². The van der Waals surface area contributed by atoms with Gasteiger partial charge in [-0.2, -0.15) is 0 Å². The molecule has 2 fully saturated rings. The van der Waals surface area contributed by atoms with Crippen LogP contribution in [0.5, 0.6) is 23.0 Å². The molecular formula is C78H63NO2. The first kappa shape index (κ1) is 48.0. The van der Waals surface area contributed by atoms with E-state index in [1.165, 1.54) is 136 Å². The molecule has 2 heterocycles. The Morgan fingerprint density at radius 2 is 0.765 bits per heavy atom. The molecule has 2 saturated carbocycles. The first-order chi connectivity index (χ1) is 40.2. The zero-order valence-electron chi connectivity index (χ0n) is 45.7. The Kier molecular flexibility index (Phi) is 11.5. The van der Waals surface area contributed by atoms with Crippen molar-refractivity contribution in [2.45, 2.75) is 86.9 Å². The Morgan fingerprint density at radius 3 is 1.36 bits per heavy atom. The van der Waals surface area contributed by atoms with E-state index >= 15 is 0 Å². The highest BCUT2D eigenvalue weighted by molar-refractivity contribution is 6.02. The van der Waals surface area contributed by atoms with E-state index in [4.69, 9.17) is 9.47 Å². The number of ether oxygens (including phenoxy) is 2. The number of rotatable bonds is 8. The third kappa shape index (κ3) is 7.47. The molecule has 0 aromatic heterocycles. The summed E-state index contributed by atoms with van der Waals surface area (Å²) < 4.78 is 14.3. The minimum Gasteiger partial charge on any atom is -0.457 e. The average molecular weight is 1050 g/mol. The van der Waals surface area contributed by atoms with E-state index in [9.17, 15) is 0 Å². The molecule has 2 aliphatic heterocycles. The Morgan fingerprint density at radius 1 is 0.309 bits per heavy atom. The van der Waals surface area contributed by atoms with Gasteiger partial charge in [0.25, 0.3) is 0 Å². The second-order valence-corrected chi connectivity index (χ2v) is 23.4. The maximum atomic E-state index is 7.27. The van der Waals surface area contributed by atoms with Crippen LogP contribution in [0.1, 0.15) is 132 Å². The Bertz CT molecular complexity index is 4110. The average Bonchev–Trinajstić information content (AvgIpc) is 2.29. The van der Waals surface area contributed by atoms with Gasteiger partial charge >= 0.3 is 0 Å². The summed E-state index contributed by atoms with van der Waals surface area (Å²) in [6.45, 7) is 0. The van der Waals surface area contributed by atoms with E-state index in [-0.39, 0.29) is 0 Å². The molecule has 1 spiro atoms. The molecule has 16 rings (SSSR count). The smallest absolute Gasteiger partial charge is 0.132 e. The van der Waals surface area contributed by atoms with Gasteiger partial charge in [-0.05, 0) is 153 Å². The third-order valence-corrected chi connectivity index (χ3v) is 19.2. The predicted octanol–water partition coefficient (Wildman–Crippen LogP) is 21.0. The van der Waals surface area contributed by atoms with Gasteiger partial charge in [-0.3, -0.25) is 0 Å². The quantitative estimate of drug-likeness (QED) is 0.151. The number of nitrogens with zero attached hydrogens (tertiary/aromatic N) is 1. The lowest BCUT2D eigenvalue weighted by Crippen LogP contribution is -2.34. The van der Waals surface area contributed by atoms with Gasteiger partial charge in [-0.15, -0.1) is 0 Å². The van der Waals surface area contributed by atoms with Crippen molar-refractivity contribution >= 4 is 27.8 Å².